The molecule has 1 aromatic carbocycles. The van der Waals surface area contributed by atoms with E-state index in [1.54, 1.807) is 0 Å². The molecule has 0 bridgehead atoms. The lowest BCUT2D eigenvalue weighted by molar-refractivity contribution is 0.333. The largest absolute Gasteiger partial charge is 0.316 e. The molecule has 1 nitrogen and oxygen atoms in total. The van der Waals surface area contributed by atoms with Crippen molar-refractivity contribution in [1.29, 1.82) is 0 Å². The van der Waals surface area contributed by atoms with E-state index < -0.39 is 0 Å². The molecule has 0 amide bonds. The predicted octanol–water partition coefficient (Wildman–Crippen LogP) is 5.23. The standard InChI is InChI=1S/C20H35N/c1-6-18(7-2)12-19(15-21-14-16(3)4)13-20-11-9-8-10-17(20)5/h8-11,16,18-19,21H,6-7,12-15H2,1-5H3. The summed E-state index contributed by atoms with van der Waals surface area (Å²) < 4.78 is 0. The van der Waals surface area contributed by atoms with E-state index in [1.807, 2.05) is 0 Å². The quantitative estimate of drug-likeness (QED) is 0.622. The van der Waals surface area contributed by atoms with Gasteiger partial charge in [0.15, 0.2) is 0 Å². The van der Waals surface area contributed by atoms with Crippen molar-refractivity contribution in [3.8, 4) is 0 Å². The first-order chi connectivity index (χ1) is 10.1. The van der Waals surface area contributed by atoms with Gasteiger partial charge >= 0.3 is 0 Å². The number of hydrogen-bond acceptors (Lipinski definition) is 1. The van der Waals surface area contributed by atoms with Gasteiger partial charge < -0.3 is 5.32 Å². The molecule has 0 radical (unpaired) electrons. The van der Waals surface area contributed by atoms with Crippen LogP contribution in [0.4, 0.5) is 0 Å². The smallest absolute Gasteiger partial charge is 0.00171 e. The van der Waals surface area contributed by atoms with Crippen molar-refractivity contribution in [3.05, 3.63) is 35.4 Å². The minimum absolute atomic E-state index is 0.734. The maximum Gasteiger partial charge on any atom is -0.00171 e. The number of benzene rings is 1. The summed E-state index contributed by atoms with van der Waals surface area (Å²) in [7, 11) is 0. The summed E-state index contributed by atoms with van der Waals surface area (Å²) in [6.45, 7) is 13.8. The van der Waals surface area contributed by atoms with E-state index in [1.165, 1.54) is 36.8 Å². The molecule has 1 rings (SSSR count). The summed E-state index contributed by atoms with van der Waals surface area (Å²) in [6, 6.07) is 8.87. The molecule has 0 fully saturated rings. The highest BCUT2D eigenvalue weighted by Gasteiger charge is 2.15. The van der Waals surface area contributed by atoms with Crippen molar-refractivity contribution < 1.29 is 0 Å². The SMILES string of the molecule is CCC(CC)CC(CNCC(C)C)Cc1ccccc1C. The third-order valence-electron chi connectivity index (χ3n) is 4.58. The minimum Gasteiger partial charge on any atom is -0.316 e. The first-order valence-corrected chi connectivity index (χ1v) is 8.81. The van der Waals surface area contributed by atoms with Crippen LogP contribution >= 0.6 is 0 Å². The second-order valence-electron chi connectivity index (χ2n) is 6.97. The number of hydrogen-bond donors (Lipinski definition) is 1. The van der Waals surface area contributed by atoms with Gasteiger partial charge in [0, 0.05) is 0 Å². The van der Waals surface area contributed by atoms with Gasteiger partial charge in [0.25, 0.3) is 0 Å². The van der Waals surface area contributed by atoms with Crippen LogP contribution in [0.15, 0.2) is 24.3 Å². The van der Waals surface area contributed by atoms with Crippen LogP contribution < -0.4 is 5.32 Å². The Morgan fingerprint density at radius 3 is 2.19 bits per heavy atom. The maximum atomic E-state index is 3.68. The monoisotopic (exact) mass is 289 g/mol. The molecule has 0 saturated carbocycles. The van der Waals surface area contributed by atoms with Gasteiger partial charge in [-0.25, -0.2) is 0 Å². The summed E-state index contributed by atoms with van der Waals surface area (Å²) in [5, 5.41) is 3.68. The Hall–Kier alpha value is -0.820. The lowest BCUT2D eigenvalue weighted by Gasteiger charge is -2.24. The Bertz CT molecular complexity index is 379. The van der Waals surface area contributed by atoms with E-state index in [-0.39, 0.29) is 0 Å². The van der Waals surface area contributed by atoms with Crippen LogP contribution in [-0.2, 0) is 6.42 Å². The molecule has 21 heavy (non-hydrogen) atoms. The highest BCUT2D eigenvalue weighted by Crippen LogP contribution is 2.23. The van der Waals surface area contributed by atoms with Gasteiger partial charge in [-0.15, -0.1) is 0 Å². The lowest BCUT2D eigenvalue weighted by atomic mass is 9.85. The minimum atomic E-state index is 0.734. The molecule has 1 N–H and O–H groups in total. The first kappa shape index (κ1) is 18.2. The van der Waals surface area contributed by atoms with Crippen molar-refractivity contribution >= 4 is 0 Å². The average Bonchev–Trinajstić information content (AvgIpc) is 2.46. The van der Waals surface area contributed by atoms with Crippen LogP contribution in [0.2, 0.25) is 0 Å². The molecule has 0 aromatic heterocycles. The van der Waals surface area contributed by atoms with E-state index in [9.17, 15) is 0 Å². The highest BCUT2D eigenvalue weighted by molar-refractivity contribution is 5.26. The van der Waals surface area contributed by atoms with Crippen LogP contribution in [0.3, 0.4) is 0 Å². The number of aryl methyl sites for hydroxylation is 1. The molecule has 0 spiro atoms. The molecule has 0 saturated heterocycles. The molecular weight excluding hydrogens is 254 g/mol. The maximum absolute atomic E-state index is 3.68. The van der Waals surface area contributed by atoms with Crippen LogP contribution in [0.5, 0.6) is 0 Å². The molecule has 1 atom stereocenters. The van der Waals surface area contributed by atoms with Gasteiger partial charge in [-0.3, -0.25) is 0 Å². The Morgan fingerprint density at radius 2 is 1.62 bits per heavy atom. The fraction of sp³-hybridized carbons (Fsp3) is 0.700. The molecule has 1 heteroatoms. The van der Waals surface area contributed by atoms with Crippen LogP contribution in [0.1, 0.15) is 58.1 Å². The zero-order valence-corrected chi connectivity index (χ0v) is 14.8. The lowest BCUT2D eigenvalue weighted by Crippen LogP contribution is -2.29. The van der Waals surface area contributed by atoms with E-state index >= 15 is 0 Å². The Morgan fingerprint density at radius 1 is 0.952 bits per heavy atom. The Labute approximate surface area is 132 Å². The zero-order chi connectivity index (χ0) is 15.7. The van der Waals surface area contributed by atoms with Crippen molar-refractivity contribution in [1.82, 2.24) is 5.32 Å². The fourth-order valence-electron chi connectivity index (χ4n) is 3.06. The summed E-state index contributed by atoms with van der Waals surface area (Å²) in [4.78, 5) is 0. The molecule has 0 aliphatic rings. The van der Waals surface area contributed by atoms with E-state index in [4.69, 9.17) is 0 Å². The van der Waals surface area contributed by atoms with Gasteiger partial charge in [-0.05, 0) is 61.7 Å². The van der Waals surface area contributed by atoms with Gasteiger partial charge in [0.1, 0.15) is 0 Å². The predicted molar refractivity (Wildman–Crippen MR) is 94.8 cm³/mol. The third kappa shape index (κ3) is 7.13. The highest BCUT2D eigenvalue weighted by atomic mass is 14.9. The molecule has 1 aromatic rings. The normalized spacial score (nSPS) is 13.1. The van der Waals surface area contributed by atoms with E-state index in [2.05, 4.69) is 64.2 Å². The molecule has 0 aliphatic heterocycles. The van der Waals surface area contributed by atoms with Crippen molar-refractivity contribution in [2.75, 3.05) is 13.1 Å². The van der Waals surface area contributed by atoms with Crippen LogP contribution in [0, 0.1) is 24.7 Å². The summed E-state index contributed by atoms with van der Waals surface area (Å²) >= 11 is 0. The molecule has 0 aliphatic carbocycles. The fourth-order valence-corrected chi connectivity index (χ4v) is 3.06. The van der Waals surface area contributed by atoms with Gasteiger partial charge in [0.05, 0.1) is 0 Å². The van der Waals surface area contributed by atoms with E-state index in [0.717, 1.165) is 30.8 Å². The van der Waals surface area contributed by atoms with Gasteiger partial charge in [0.2, 0.25) is 0 Å². The Balaban J connectivity index is 2.64. The molecule has 1 unspecified atom stereocenters. The second kappa shape index (κ2) is 10.00. The second-order valence-corrected chi connectivity index (χ2v) is 6.97. The first-order valence-electron chi connectivity index (χ1n) is 8.81. The summed E-state index contributed by atoms with van der Waals surface area (Å²) in [5.74, 6) is 2.37. The molecular formula is C20H35N. The number of nitrogens with one attached hydrogen (secondary N) is 1. The summed E-state index contributed by atoms with van der Waals surface area (Å²) in [5.41, 5.74) is 2.97. The van der Waals surface area contributed by atoms with E-state index in [0.29, 0.717) is 0 Å². The van der Waals surface area contributed by atoms with Crippen molar-refractivity contribution in [2.24, 2.45) is 17.8 Å². The molecule has 120 valence electrons. The van der Waals surface area contributed by atoms with Gasteiger partial charge in [-0.2, -0.15) is 0 Å². The van der Waals surface area contributed by atoms with Crippen LogP contribution in [0.25, 0.3) is 0 Å². The zero-order valence-electron chi connectivity index (χ0n) is 14.8. The van der Waals surface area contributed by atoms with Crippen LogP contribution in [-0.4, -0.2) is 13.1 Å². The summed E-state index contributed by atoms with van der Waals surface area (Å²) in [6.07, 6.45) is 5.19. The number of rotatable bonds is 10. The Kier molecular flexibility index (Phi) is 8.68. The molecule has 0 heterocycles. The average molecular weight is 290 g/mol. The van der Waals surface area contributed by atoms with Crippen molar-refractivity contribution in [3.63, 3.8) is 0 Å². The third-order valence-corrected chi connectivity index (χ3v) is 4.58. The van der Waals surface area contributed by atoms with Gasteiger partial charge in [-0.1, -0.05) is 64.8 Å². The van der Waals surface area contributed by atoms with Crippen molar-refractivity contribution in [2.45, 2.75) is 60.3 Å². The topological polar surface area (TPSA) is 12.0 Å².